The molecule has 3 aromatic heterocycles. The molecule has 4 aromatic rings. The summed E-state index contributed by atoms with van der Waals surface area (Å²) in [7, 11) is 3.60. The van der Waals surface area contributed by atoms with Crippen LogP contribution in [0.25, 0.3) is 22.3 Å². The Bertz CT molecular complexity index is 1470. The van der Waals surface area contributed by atoms with Gasteiger partial charge in [0.1, 0.15) is 12.1 Å². The highest BCUT2D eigenvalue weighted by molar-refractivity contribution is 5.90. The Morgan fingerprint density at radius 1 is 1.11 bits per heavy atom. The number of alkyl halides is 3. The molecule has 0 fully saturated rings. The summed E-state index contributed by atoms with van der Waals surface area (Å²) in [6.07, 6.45) is -0.787. The van der Waals surface area contributed by atoms with Gasteiger partial charge < -0.3 is 15.0 Å². The van der Waals surface area contributed by atoms with Gasteiger partial charge in [-0.1, -0.05) is 19.9 Å². The zero-order valence-electron chi connectivity index (χ0n) is 21.0. The summed E-state index contributed by atoms with van der Waals surface area (Å²) < 4.78 is 46.0. The molecule has 0 saturated heterocycles. The van der Waals surface area contributed by atoms with E-state index in [0.717, 1.165) is 30.4 Å². The van der Waals surface area contributed by atoms with E-state index in [1.165, 1.54) is 31.1 Å². The molecule has 1 aromatic carbocycles. The highest BCUT2D eigenvalue weighted by Gasteiger charge is 2.34. The molecular formula is C27H27F3N6O. The maximum Gasteiger partial charge on any atom is 0.418 e. The fraction of sp³-hybridized carbons (Fsp3) is 0.333. The van der Waals surface area contributed by atoms with Gasteiger partial charge in [-0.2, -0.15) is 13.2 Å². The Hall–Kier alpha value is -3.79. The Labute approximate surface area is 212 Å². The van der Waals surface area contributed by atoms with Crippen LogP contribution in [0.3, 0.4) is 0 Å². The lowest BCUT2D eigenvalue weighted by Gasteiger charge is -2.38. The van der Waals surface area contributed by atoms with Crippen LogP contribution >= 0.6 is 0 Å². The minimum atomic E-state index is -4.55. The summed E-state index contributed by atoms with van der Waals surface area (Å²) in [6.45, 7) is 5.57. The lowest BCUT2D eigenvalue weighted by molar-refractivity contribution is -0.137. The van der Waals surface area contributed by atoms with Crippen LogP contribution in [0, 0.1) is 0 Å². The molecule has 0 saturated carbocycles. The second-order valence-electron chi connectivity index (χ2n) is 9.82. The Morgan fingerprint density at radius 2 is 1.92 bits per heavy atom. The number of ether oxygens (including phenoxy) is 1. The van der Waals surface area contributed by atoms with Crippen LogP contribution in [0.5, 0.6) is 0 Å². The number of halogens is 3. The van der Waals surface area contributed by atoms with Crippen molar-refractivity contribution in [2.45, 2.75) is 38.5 Å². The quantitative estimate of drug-likeness (QED) is 0.348. The molecule has 10 heteroatoms. The molecule has 7 nitrogen and oxygen atoms in total. The van der Waals surface area contributed by atoms with Crippen molar-refractivity contribution in [3.8, 4) is 11.3 Å². The molecule has 5 rings (SSSR count). The molecular weight excluding hydrogens is 481 g/mol. The predicted molar refractivity (Wildman–Crippen MR) is 137 cm³/mol. The molecule has 0 spiro atoms. The number of pyridine rings is 2. The third-order valence-electron chi connectivity index (χ3n) is 6.72. The van der Waals surface area contributed by atoms with Crippen LogP contribution in [0.1, 0.15) is 37.2 Å². The first-order chi connectivity index (χ1) is 17.6. The van der Waals surface area contributed by atoms with Crippen molar-refractivity contribution >= 4 is 28.2 Å². The SMILES string of the molecule is COCc1nc(Nc2ccc3c(c2)N(C)CCC3(C)C)c2ncc(-c3ncccc3C(F)(F)F)cc2n1. The Morgan fingerprint density at radius 3 is 2.68 bits per heavy atom. The van der Waals surface area contributed by atoms with Gasteiger partial charge in [0.05, 0.1) is 16.8 Å². The van der Waals surface area contributed by atoms with E-state index in [2.05, 4.69) is 63.2 Å². The normalized spacial score (nSPS) is 15.1. The van der Waals surface area contributed by atoms with E-state index in [9.17, 15) is 13.2 Å². The molecule has 37 heavy (non-hydrogen) atoms. The second-order valence-corrected chi connectivity index (χ2v) is 9.82. The lowest BCUT2D eigenvalue weighted by atomic mass is 9.78. The van der Waals surface area contributed by atoms with Gasteiger partial charge in [-0.05, 0) is 47.7 Å². The molecule has 0 aliphatic carbocycles. The molecule has 0 radical (unpaired) electrons. The number of hydrogen-bond donors (Lipinski definition) is 1. The fourth-order valence-corrected chi connectivity index (χ4v) is 4.68. The third kappa shape index (κ3) is 4.81. The van der Waals surface area contributed by atoms with Gasteiger partial charge in [0.2, 0.25) is 0 Å². The number of nitrogens with zero attached hydrogens (tertiary/aromatic N) is 5. The Kier molecular flexibility index (Phi) is 6.23. The first-order valence-corrected chi connectivity index (χ1v) is 11.9. The number of anilines is 3. The molecule has 0 amide bonds. The fourth-order valence-electron chi connectivity index (χ4n) is 4.68. The van der Waals surface area contributed by atoms with Gasteiger partial charge in [-0.3, -0.25) is 4.98 Å². The van der Waals surface area contributed by atoms with Crippen LogP contribution in [0.2, 0.25) is 0 Å². The zero-order valence-corrected chi connectivity index (χ0v) is 21.0. The van der Waals surface area contributed by atoms with Gasteiger partial charge in [-0.25, -0.2) is 15.0 Å². The van der Waals surface area contributed by atoms with E-state index in [4.69, 9.17) is 4.74 Å². The van der Waals surface area contributed by atoms with E-state index < -0.39 is 11.7 Å². The monoisotopic (exact) mass is 508 g/mol. The number of nitrogens with one attached hydrogen (secondary N) is 1. The maximum absolute atomic E-state index is 13.6. The average molecular weight is 509 g/mol. The third-order valence-corrected chi connectivity index (χ3v) is 6.72. The first-order valence-electron chi connectivity index (χ1n) is 11.9. The van der Waals surface area contributed by atoms with E-state index in [1.807, 2.05) is 6.07 Å². The summed E-state index contributed by atoms with van der Waals surface area (Å²) in [5, 5.41) is 3.35. The van der Waals surface area contributed by atoms with Crippen molar-refractivity contribution in [3.63, 3.8) is 0 Å². The van der Waals surface area contributed by atoms with Crippen molar-refractivity contribution in [3.05, 3.63) is 65.7 Å². The van der Waals surface area contributed by atoms with E-state index in [0.29, 0.717) is 22.7 Å². The molecule has 1 aliphatic heterocycles. The molecule has 0 bridgehead atoms. The molecule has 4 heterocycles. The number of rotatable bonds is 5. The van der Waals surface area contributed by atoms with Gasteiger partial charge >= 0.3 is 6.18 Å². The van der Waals surface area contributed by atoms with Crippen LogP contribution in [-0.4, -0.2) is 40.6 Å². The highest BCUT2D eigenvalue weighted by Crippen LogP contribution is 2.41. The summed E-state index contributed by atoms with van der Waals surface area (Å²) >= 11 is 0. The first kappa shape index (κ1) is 24.9. The minimum absolute atomic E-state index is 0.0757. The van der Waals surface area contributed by atoms with Crippen molar-refractivity contribution in [1.29, 1.82) is 0 Å². The van der Waals surface area contributed by atoms with E-state index in [1.54, 1.807) is 6.07 Å². The number of hydrogen-bond acceptors (Lipinski definition) is 7. The van der Waals surface area contributed by atoms with Crippen molar-refractivity contribution in [2.24, 2.45) is 0 Å². The van der Waals surface area contributed by atoms with Gasteiger partial charge in [-0.15, -0.1) is 0 Å². The van der Waals surface area contributed by atoms with Crippen molar-refractivity contribution < 1.29 is 17.9 Å². The molecule has 1 aliphatic rings. The van der Waals surface area contributed by atoms with Gasteiger partial charge in [0, 0.05) is 50.0 Å². The summed E-state index contributed by atoms with van der Waals surface area (Å²) in [6, 6.07) is 10.0. The number of fused-ring (bicyclic) bond motifs is 2. The summed E-state index contributed by atoms with van der Waals surface area (Å²) in [4.78, 5) is 19.7. The lowest BCUT2D eigenvalue weighted by Crippen LogP contribution is -2.34. The van der Waals surface area contributed by atoms with Crippen LogP contribution in [-0.2, 0) is 22.9 Å². The van der Waals surface area contributed by atoms with Gasteiger partial charge in [0.25, 0.3) is 0 Å². The molecule has 0 atom stereocenters. The van der Waals surface area contributed by atoms with Crippen LogP contribution in [0.4, 0.5) is 30.4 Å². The number of methoxy groups -OCH3 is 1. The Balaban J connectivity index is 1.59. The molecule has 192 valence electrons. The standard InChI is InChI=1S/C27H27F3N6O/c1-26(2)9-11-36(3)21-13-17(7-8-18(21)26)33-25-24-20(34-22(35-25)15-37-4)12-16(14-32-24)23-19(27(28,29)30)6-5-10-31-23/h5-8,10,12-14H,9,11,15H2,1-4H3,(H,33,34,35). The molecule has 1 N–H and O–H groups in total. The number of aromatic nitrogens is 4. The topological polar surface area (TPSA) is 76.1 Å². The van der Waals surface area contributed by atoms with Gasteiger partial charge in [0.15, 0.2) is 11.6 Å². The van der Waals surface area contributed by atoms with E-state index >= 15 is 0 Å². The zero-order chi connectivity index (χ0) is 26.4. The predicted octanol–water partition coefficient (Wildman–Crippen LogP) is 6.11. The highest BCUT2D eigenvalue weighted by atomic mass is 19.4. The van der Waals surface area contributed by atoms with Crippen molar-refractivity contribution in [2.75, 3.05) is 30.9 Å². The largest absolute Gasteiger partial charge is 0.418 e. The minimum Gasteiger partial charge on any atom is -0.377 e. The summed E-state index contributed by atoms with van der Waals surface area (Å²) in [5.41, 5.74) is 3.31. The number of benzene rings is 1. The average Bonchev–Trinajstić information content (AvgIpc) is 2.86. The second kappa shape index (κ2) is 9.26. The maximum atomic E-state index is 13.6. The smallest absolute Gasteiger partial charge is 0.377 e. The van der Waals surface area contributed by atoms with Crippen molar-refractivity contribution in [1.82, 2.24) is 19.9 Å². The van der Waals surface area contributed by atoms with E-state index in [-0.39, 0.29) is 23.3 Å². The molecule has 0 unspecified atom stereocenters. The summed E-state index contributed by atoms with van der Waals surface area (Å²) in [5.74, 6) is 0.822. The van der Waals surface area contributed by atoms with Crippen LogP contribution in [0.15, 0.2) is 48.8 Å². The van der Waals surface area contributed by atoms with Crippen LogP contribution < -0.4 is 10.2 Å².